The Kier molecular flexibility index (Phi) is 8.92. The van der Waals surface area contributed by atoms with E-state index in [9.17, 15) is 18.0 Å². The molecule has 188 valence electrons. The minimum atomic E-state index is -4.33. The molecule has 2 aromatic rings. The molecule has 4 rings (SSSR count). The lowest BCUT2D eigenvalue weighted by Gasteiger charge is -2.32. The molecule has 2 fully saturated rings. The SMILES string of the molecule is Cc1c(CN2CC3CC2CN3C)ccc(OCCCC#N)c1C.O=Cc1ccc(C(F)(F)F)cc1. The van der Waals surface area contributed by atoms with E-state index in [2.05, 4.69) is 48.9 Å². The molecule has 2 heterocycles. The fraction of sp³-hybridized carbons (Fsp3) is 0.481. The number of benzene rings is 2. The highest BCUT2D eigenvalue weighted by molar-refractivity contribution is 5.74. The van der Waals surface area contributed by atoms with Crippen LogP contribution in [0.1, 0.15) is 51.9 Å². The van der Waals surface area contributed by atoms with Gasteiger partial charge >= 0.3 is 6.18 Å². The van der Waals surface area contributed by atoms with Crippen LogP contribution in [0.5, 0.6) is 5.75 Å². The summed E-state index contributed by atoms with van der Waals surface area (Å²) in [7, 11) is 2.25. The molecule has 0 radical (unpaired) electrons. The highest BCUT2D eigenvalue weighted by atomic mass is 19.4. The molecule has 2 aliphatic heterocycles. The number of aldehydes is 1. The van der Waals surface area contributed by atoms with E-state index in [1.54, 1.807) is 0 Å². The van der Waals surface area contributed by atoms with Gasteiger partial charge in [0.2, 0.25) is 0 Å². The van der Waals surface area contributed by atoms with E-state index >= 15 is 0 Å². The number of hydrogen-bond acceptors (Lipinski definition) is 5. The van der Waals surface area contributed by atoms with Crippen molar-refractivity contribution in [2.45, 2.75) is 57.9 Å². The zero-order chi connectivity index (χ0) is 25.6. The Bertz CT molecular complexity index is 1050. The normalized spacial score (nSPS) is 19.7. The van der Waals surface area contributed by atoms with E-state index in [0.717, 1.165) is 55.1 Å². The predicted octanol–water partition coefficient (Wildman–Crippen LogP) is 5.39. The maximum absolute atomic E-state index is 11.9. The van der Waals surface area contributed by atoms with Crippen LogP contribution in [-0.2, 0) is 12.7 Å². The molecule has 2 saturated heterocycles. The number of carbonyl (C=O) groups is 1. The smallest absolute Gasteiger partial charge is 0.416 e. The lowest BCUT2D eigenvalue weighted by Crippen LogP contribution is -2.44. The average molecular weight is 488 g/mol. The minimum Gasteiger partial charge on any atom is -0.493 e. The Balaban J connectivity index is 0.000000241. The summed E-state index contributed by atoms with van der Waals surface area (Å²) in [5, 5.41) is 8.58. The van der Waals surface area contributed by atoms with Crippen LogP contribution < -0.4 is 4.74 Å². The van der Waals surface area contributed by atoms with Gasteiger partial charge < -0.3 is 9.64 Å². The summed E-state index contributed by atoms with van der Waals surface area (Å²) in [6, 6.07) is 12.0. The topological polar surface area (TPSA) is 56.6 Å². The molecule has 2 atom stereocenters. The number of nitrogens with zero attached hydrogens (tertiary/aromatic N) is 3. The molecule has 0 aromatic heterocycles. The van der Waals surface area contributed by atoms with Crippen LogP contribution in [0.15, 0.2) is 36.4 Å². The Labute approximate surface area is 205 Å². The zero-order valence-electron chi connectivity index (χ0n) is 20.4. The Morgan fingerprint density at radius 1 is 1.09 bits per heavy atom. The van der Waals surface area contributed by atoms with Gasteiger partial charge in [-0.3, -0.25) is 9.69 Å². The lowest BCUT2D eigenvalue weighted by atomic mass is 10.0. The number of alkyl halides is 3. The Morgan fingerprint density at radius 2 is 1.80 bits per heavy atom. The molecule has 2 bridgehead atoms. The summed E-state index contributed by atoms with van der Waals surface area (Å²) in [5.41, 5.74) is 3.50. The van der Waals surface area contributed by atoms with Crippen LogP contribution in [0.2, 0.25) is 0 Å². The molecule has 0 saturated carbocycles. The van der Waals surface area contributed by atoms with Gasteiger partial charge in [-0.15, -0.1) is 0 Å². The van der Waals surface area contributed by atoms with E-state index in [-0.39, 0.29) is 5.56 Å². The summed E-state index contributed by atoms with van der Waals surface area (Å²) in [4.78, 5) is 15.2. The van der Waals surface area contributed by atoms with Gasteiger partial charge in [-0.25, -0.2) is 0 Å². The van der Waals surface area contributed by atoms with Crippen molar-refractivity contribution in [2.24, 2.45) is 0 Å². The van der Waals surface area contributed by atoms with Gasteiger partial charge in [0.05, 0.1) is 18.2 Å². The van der Waals surface area contributed by atoms with Crippen molar-refractivity contribution < 1.29 is 22.7 Å². The third-order valence-electron chi connectivity index (χ3n) is 6.92. The molecule has 5 nitrogen and oxygen atoms in total. The third kappa shape index (κ3) is 6.83. The molecule has 0 N–H and O–H groups in total. The first kappa shape index (κ1) is 26.7. The van der Waals surface area contributed by atoms with Crippen molar-refractivity contribution in [1.29, 1.82) is 5.26 Å². The summed E-state index contributed by atoms with van der Waals surface area (Å²) in [5.74, 6) is 0.965. The zero-order valence-corrected chi connectivity index (χ0v) is 20.4. The van der Waals surface area contributed by atoms with Crippen LogP contribution in [0.3, 0.4) is 0 Å². The molecule has 2 unspecified atom stereocenters. The van der Waals surface area contributed by atoms with Crippen molar-refractivity contribution in [2.75, 3.05) is 26.7 Å². The highest BCUT2D eigenvalue weighted by Gasteiger charge is 2.41. The van der Waals surface area contributed by atoms with E-state index in [4.69, 9.17) is 10.00 Å². The number of piperazine rings is 1. The number of halogens is 3. The van der Waals surface area contributed by atoms with Gasteiger partial charge in [-0.2, -0.15) is 18.4 Å². The van der Waals surface area contributed by atoms with Crippen molar-refractivity contribution in [3.63, 3.8) is 0 Å². The Morgan fingerprint density at radius 3 is 2.34 bits per heavy atom. The number of nitriles is 1. The molecular formula is C27H32F3N3O2. The molecule has 8 heteroatoms. The van der Waals surface area contributed by atoms with Gasteiger partial charge in [0.1, 0.15) is 12.0 Å². The number of ether oxygens (including phenoxy) is 1. The van der Waals surface area contributed by atoms with Crippen molar-refractivity contribution in [3.05, 3.63) is 64.2 Å². The number of likely N-dealkylation sites (tertiary alicyclic amines) is 2. The van der Waals surface area contributed by atoms with Gasteiger partial charge in [0.15, 0.2) is 0 Å². The molecule has 2 aromatic carbocycles. The summed E-state index contributed by atoms with van der Waals surface area (Å²) in [6.07, 6.45) is -1.15. The fourth-order valence-corrected chi connectivity index (χ4v) is 4.62. The number of unbranched alkanes of at least 4 members (excludes halogenated alkanes) is 1. The first-order valence-electron chi connectivity index (χ1n) is 11.8. The maximum Gasteiger partial charge on any atom is 0.416 e. The first-order chi connectivity index (χ1) is 16.6. The molecule has 0 amide bonds. The monoisotopic (exact) mass is 487 g/mol. The Hall–Kier alpha value is -2.89. The van der Waals surface area contributed by atoms with E-state index in [1.807, 2.05) is 0 Å². The average Bonchev–Trinajstić information content (AvgIpc) is 3.40. The van der Waals surface area contributed by atoms with Crippen LogP contribution in [0.25, 0.3) is 0 Å². The predicted molar refractivity (Wildman–Crippen MR) is 128 cm³/mol. The summed E-state index contributed by atoms with van der Waals surface area (Å²) in [6.45, 7) is 8.43. The number of hydrogen-bond donors (Lipinski definition) is 0. The number of rotatable bonds is 7. The fourth-order valence-electron chi connectivity index (χ4n) is 4.62. The summed E-state index contributed by atoms with van der Waals surface area (Å²) < 4.78 is 41.6. The van der Waals surface area contributed by atoms with E-state index in [1.165, 1.54) is 36.2 Å². The second kappa shape index (κ2) is 11.7. The highest BCUT2D eigenvalue weighted by Crippen LogP contribution is 2.32. The second-order valence-corrected chi connectivity index (χ2v) is 9.23. The number of likely N-dealkylation sites (N-methyl/N-ethyl adjacent to an activating group) is 1. The minimum absolute atomic E-state index is 0.239. The van der Waals surface area contributed by atoms with Crippen molar-refractivity contribution in [1.82, 2.24) is 9.80 Å². The van der Waals surface area contributed by atoms with E-state index < -0.39 is 11.7 Å². The van der Waals surface area contributed by atoms with Crippen molar-refractivity contribution >= 4 is 6.29 Å². The maximum atomic E-state index is 11.9. The first-order valence-corrected chi connectivity index (χ1v) is 11.8. The van der Waals surface area contributed by atoms with Crippen LogP contribution in [-0.4, -0.2) is 54.9 Å². The van der Waals surface area contributed by atoms with Gasteiger partial charge in [0, 0.05) is 43.7 Å². The second-order valence-electron chi connectivity index (χ2n) is 9.23. The van der Waals surface area contributed by atoms with Gasteiger partial charge in [-0.1, -0.05) is 18.2 Å². The van der Waals surface area contributed by atoms with E-state index in [0.29, 0.717) is 19.3 Å². The molecule has 0 aliphatic carbocycles. The molecule has 35 heavy (non-hydrogen) atoms. The lowest BCUT2D eigenvalue weighted by molar-refractivity contribution is -0.137. The van der Waals surface area contributed by atoms with Gasteiger partial charge in [0.25, 0.3) is 0 Å². The molecule has 2 aliphatic rings. The third-order valence-corrected chi connectivity index (χ3v) is 6.92. The van der Waals surface area contributed by atoms with Crippen LogP contribution in [0.4, 0.5) is 13.2 Å². The standard InChI is InChI=1S/C19H27N3O.C8H5F3O/c1-14-15(2)19(23-9-5-4-8-20)7-6-16(14)11-22-13-17-10-18(22)12-21(17)3;9-8(10,11)7-3-1-6(5-12)2-4-7/h6-7,17-18H,4-5,9-13H2,1-3H3;1-5H. The number of fused-ring (bicyclic) bond motifs is 2. The quantitative estimate of drug-likeness (QED) is 0.387. The molecule has 0 spiro atoms. The van der Waals surface area contributed by atoms with Crippen LogP contribution in [0, 0.1) is 25.2 Å². The molecular weight excluding hydrogens is 455 g/mol. The van der Waals surface area contributed by atoms with Crippen LogP contribution >= 0.6 is 0 Å². The largest absolute Gasteiger partial charge is 0.493 e. The van der Waals surface area contributed by atoms with Crippen molar-refractivity contribution in [3.8, 4) is 11.8 Å². The summed E-state index contributed by atoms with van der Waals surface area (Å²) >= 11 is 0. The van der Waals surface area contributed by atoms with Gasteiger partial charge in [-0.05, 0) is 68.6 Å². The number of carbonyl (C=O) groups excluding carboxylic acids is 1.